The largest absolute Gasteiger partial charge is 0.351 e. The van der Waals surface area contributed by atoms with Gasteiger partial charge < -0.3 is 10.2 Å². The molecule has 138 valence electrons. The summed E-state index contributed by atoms with van der Waals surface area (Å²) >= 11 is 1.73. The molecule has 2 fully saturated rings. The molecular weight excluding hydrogens is 328 g/mol. The molecule has 0 radical (unpaired) electrons. The van der Waals surface area contributed by atoms with Crippen molar-refractivity contribution in [3.63, 3.8) is 0 Å². The Morgan fingerprint density at radius 2 is 2.08 bits per heavy atom. The topological polar surface area (TPSA) is 32.3 Å². The van der Waals surface area contributed by atoms with Crippen molar-refractivity contribution >= 4 is 17.2 Å². The first-order valence-electron chi connectivity index (χ1n) is 10.0. The lowest BCUT2D eigenvalue weighted by molar-refractivity contribution is 0.0951. The molecule has 1 saturated carbocycles. The van der Waals surface area contributed by atoms with Gasteiger partial charge >= 0.3 is 0 Å². The summed E-state index contributed by atoms with van der Waals surface area (Å²) in [5, 5.41) is 3.22. The van der Waals surface area contributed by atoms with Crippen LogP contribution in [0.1, 0.15) is 66.6 Å². The Morgan fingerprint density at radius 1 is 1.28 bits per heavy atom. The van der Waals surface area contributed by atoms with E-state index in [0.29, 0.717) is 11.3 Å². The molecule has 1 amide bonds. The summed E-state index contributed by atoms with van der Waals surface area (Å²) in [7, 11) is 0. The molecule has 3 nitrogen and oxygen atoms in total. The number of rotatable bonds is 4. The summed E-state index contributed by atoms with van der Waals surface area (Å²) in [5.74, 6) is 1.53. The normalized spacial score (nSPS) is 27.3. The number of carbonyl (C=O) groups excluding carboxylic acids is 1. The molecule has 4 rings (SSSR count). The van der Waals surface area contributed by atoms with Gasteiger partial charge in [-0.15, -0.1) is 11.3 Å². The number of nitrogens with zero attached hydrogens (tertiary/aromatic N) is 1. The second-order valence-electron chi connectivity index (χ2n) is 9.46. The Balaban J connectivity index is 1.32. The minimum Gasteiger partial charge on any atom is -0.351 e. The lowest BCUT2D eigenvalue weighted by atomic mass is 9.72. The zero-order valence-corrected chi connectivity index (χ0v) is 16.8. The van der Waals surface area contributed by atoms with Gasteiger partial charge in [0.15, 0.2) is 0 Å². The molecule has 2 aliphatic carbocycles. The fraction of sp³-hybridized carbons (Fsp3) is 0.762. The zero-order chi connectivity index (χ0) is 17.6. The van der Waals surface area contributed by atoms with Crippen LogP contribution in [0.5, 0.6) is 0 Å². The monoisotopic (exact) mass is 360 g/mol. The van der Waals surface area contributed by atoms with E-state index in [4.69, 9.17) is 0 Å². The van der Waals surface area contributed by atoms with Gasteiger partial charge in [-0.1, -0.05) is 20.8 Å². The number of hydrogen-bond donors (Lipinski definition) is 1. The van der Waals surface area contributed by atoms with E-state index in [1.807, 2.05) is 0 Å². The van der Waals surface area contributed by atoms with Crippen LogP contribution in [0.4, 0.5) is 0 Å². The van der Waals surface area contributed by atoms with E-state index >= 15 is 0 Å². The molecular formula is C21H32N2OS. The molecule has 2 atom stereocenters. The predicted molar refractivity (Wildman–Crippen MR) is 104 cm³/mol. The van der Waals surface area contributed by atoms with Crippen molar-refractivity contribution in [1.29, 1.82) is 0 Å². The lowest BCUT2D eigenvalue weighted by Gasteiger charge is -2.33. The van der Waals surface area contributed by atoms with E-state index in [-0.39, 0.29) is 5.91 Å². The summed E-state index contributed by atoms with van der Waals surface area (Å²) < 4.78 is 0. The minimum absolute atomic E-state index is 0.150. The van der Waals surface area contributed by atoms with E-state index in [2.05, 4.69) is 37.1 Å². The summed E-state index contributed by atoms with van der Waals surface area (Å²) in [5.41, 5.74) is 1.79. The fourth-order valence-electron chi connectivity index (χ4n) is 4.50. The van der Waals surface area contributed by atoms with Gasteiger partial charge in [0.25, 0.3) is 5.91 Å². The summed E-state index contributed by atoms with van der Waals surface area (Å²) in [4.78, 5) is 17.6. The van der Waals surface area contributed by atoms with Crippen LogP contribution in [0.2, 0.25) is 0 Å². The minimum atomic E-state index is 0.150. The maximum absolute atomic E-state index is 12.6. The molecule has 2 heterocycles. The van der Waals surface area contributed by atoms with Crippen molar-refractivity contribution in [2.75, 3.05) is 19.6 Å². The van der Waals surface area contributed by atoms with E-state index in [0.717, 1.165) is 36.2 Å². The quantitative estimate of drug-likeness (QED) is 0.876. The second kappa shape index (κ2) is 6.70. The molecule has 3 aliphatic rings. The first kappa shape index (κ1) is 17.5. The van der Waals surface area contributed by atoms with Gasteiger partial charge in [-0.25, -0.2) is 0 Å². The van der Waals surface area contributed by atoms with Crippen LogP contribution >= 0.6 is 11.3 Å². The molecule has 1 aromatic heterocycles. The molecule has 1 saturated heterocycles. The van der Waals surface area contributed by atoms with Crippen LogP contribution in [0.15, 0.2) is 6.07 Å². The molecule has 4 heteroatoms. The Labute approximate surface area is 156 Å². The van der Waals surface area contributed by atoms with Gasteiger partial charge in [-0.05, 0) is 74.0 Å². The summed E-state index contributed by atoms with van der Waals surface area (Å²) in [6.45, 7) is 10.3. The highest BCUT2D eigenvalue weighted by molar-refractivity contribution is 7.14. The second-order valence-corrected chi connectivity index (χ2v) is 10.6. The number of carbonyl (C=O) groups is 1. The van der Waals surface area contributed by atoms with Crippen LogP contribution in [-0.4, -0.2) is 36.5 Å². The van der Waals surface area contributed by atoms with Gasteiger partial charge in [0.05, 0.1) is 4.88 Å². The summed E-state index contributed by atoms with van der Waals surface area (Å²) in [6.07, 6.45) is 7.56. The molecule has 0 aromatic carbocycles. The van der Waals surface area contributed by atoms with Crippen molar-refractivity contribution < 1.29 is 4.79 Å². The van der Waals surface area contributed by atoms with E-state index < -0.39 is 0 Å². The smallest absolute Gasteiger partial charge is 0.261 e. The number of amides is 1. The highest BCUT2D eigenvalue weighted by Gasteiger charge is 2.34. The van der Waals surface area contributed by atoms with E-state index in [9.17, 15) is 4.79 Å². The van der Waals surface area contributed by atoms with Crippen LogP contribution in [-0.2, 0) is 12.8 Å². The SMILES string of the molecule is CC(C)(C)C1CCc2sc(C(=O)NCC3CCN(C4CC4)C3)cc2C1. The van der Waals surface area contributed by atoms with Crippen molar-refractivity contribution in [3.05, 3.63) is 21.4 Å². The van der Waals surface area contributed by atoms with Gasteiger partial charge in [-0.2, -0.15) is 0 Å². The Bertz CT molecular complexity index is 641. The molecule has 2 unspecified atom stereocenters. The Hall–Kier alpha value is -0.870. The third kappa shape index (κ3) is 3.95. The predicted octanol–water partition coefficient (Wildman–Crippen LogP) is 4.11. The number of aryl methyl sites for hydroxylation is 1. The first-order valence-corrected chi connectivity index (χ1v) is 10.9. The summed E-state index contributed by atoms with van der Waals surface area (Å²) in [6, 6.07) is 3.04. The van der Waals surface area contributed by atoms with Crippen molar-refractivity contribution in [2.24, 2.45) is 17.3 Å². The highest BCUT2D eigenvalue weighted by Crippen LogP contribution is 2.40. The van der Waals surface area contributed by atoms with Crippen molar-refractivity contribution in [1.82, 2.24) is 10.2 Å². The number of likely N-dealkylation sites (tertiary alicyclic amines) is 1. The van der Waals surface area contributed by atoms with Gasteiger partial charge in [-0.3, -0.25) is 4.79 Å². The lowest BCUT2D eigenvalue weighted by Crippen LogP contribution is -2.31. The van der Waals surface area contributed by atoms with E-state index in [1.165, 1.54) is 49.2 Å². The average Bonchev–Trinajstić information content (AvgIpc) is 3.15. The number of fused-ring (bicyclic) bond motifs is 1. The average molecular weight is 361 g/mol. The van der Waals surface area contributed by atoms with Crippen LogP contribution in [0.3, 0.4) is 0 Å². The Morgan fingerprint density at radius 3 is 2.80 bits per heavy atom. The van der Waals surface area contributed by atoms with Crippen LogP contribution < -0.4 is 5.32 Å². The maximum atomic E-state index is 12.6. The number of thiophene rings is 1. The Kier molecular flexibility index (Phi) is 4.70. The molecule has 0 spiro atoms. The maximum Gasteiger partial charge on any atom is 0.261 e. The third-order valence-electron chi connectivity index (χ3n) is 6.46. The molecule has 1 N–H and O–H groups in total. The first-order chi connectivity index (χ1) is 11.9. The van der Waals surface area contributed by atoms with Crippen LogP contribution in [0, 0.1) is 17.3 Å². The molecule has 25 heavy (non-hydrogen) atoms. The number of hydrogen-bond acceptors (Lipinski definition) is 3. The third-order valence-corrected chi connectivity index (χ3v) is 7.70. The van der Waals surface area contributed by atoms with Gasteiger partial charge in [0, 0.05) is 24.0 Å². The van der Waals surface area contributed by atoms with Crippen molar-refractivity contribution in [3.8, 4) is 0 Å². The number of nitrogens with one attached hydrogen (secondary N) is 1. The van der Waals surface area contributed by atoms with Gasteiger partial charge in [0.1, 0.15) is 0 Å². The molecule has 1 aromatic rings. The highest BCUT2D eigenvalue weighted by atomic mass is 32.1. The van der Waals surface area contributed by atoms with Gasteiger partial charge in [0.2, 0.25) is 0 Å². The van der Waals surface area contributed by atoms with Crippen LogP contribution in [0.25, 0.3) is 0 Å². The molecule has 0 bridgehead atoms. The zero-order valence-electron chi connectivity index (χ0n) is 15.9. The molecule has 1 aliphatic heterocycles. The standard InChI is InChI=1S/C21H32N2OS/c1-21(2,3)16-4-7-18-15(10-16)11-19(25-18)20(24)22-12-14-8-9-23(13-14)17-5-6-17/h11,14,16-17H,4-10,12-13H2,1-3H3,(H,22,24). The van der Waals surface area contributed by atoms with Crippen molar-refractivity contribution in [2.45, 2.75) is 65.3 Å². The van der Waals surface area contributed by atoms with E-state index in [1.54, 1.807) is 11.3 Å². The fourth-order valence-corrected chi connectivity index (χ4v) is 5.62.